The standard InChI is InChI=1S/C19H18ClN3O4S2/c20-14-8-10-16(11-9-14)29(25,26)12-4-7-17(24)21-19-23-22-18(27-19)13-28-15-5-2-1-3-6-15/h1-3,5-6,8-11H,4,7,12-13H2,(H,21,23,24). The number of hydrogen-bond acceptors (Lipinski definition) is 7. The molecule has 7 nitrogen and oxygen atoms in total. The molecule has 1 heterocycles. The fraction of sp³-hybridized carbons (Fsp3) is 0.211. The van der Waals surface area contributed by atoms with Crippen LogP contribution in [0.4, 0.5) is 6.01 Å². The van der Waals surface area contributed by atoms with Crippen molar-refractivity contribution in [3.8, 4) is 0 Å². The first-order chi connectivity index (χ1) is 13.9. The van der Waals surface area contributed by atoms with Crippen molar-refractivity contribution >= 4 is 45.1 Å². The van der Waals surface area contributed by atoms with Crippen LogP contribution in [0, 0.1) is 0 Å². The Morgan fingerprint density at radius 1 is 1.07 bits per heavy atom. The van der Waals surface area contributed by atoms with Crippen molar-refractivity contribution in [2.24, 2.45) is 0 Å². The second-order valence-electron chi connectivity index (χ2n) is 6.03. The van der Waals surface area contributed by atoms with Crippen LogP contribution in [0.25, 0.3) is 0 Å². The molecule has 0 atom stereocenters. The Morgan fingerprint density at radius 3 is 2.52 bits per heavy atom. The highest BCUT2D eigenvalue weighted by Gasteiger charge is 2.16. The minimum atomic E-state index is -3.47. The van der Waals surface area contributed by atoms with E-state index in [0.717, 1.165) is 4.90 Å². The summed E-state index contributed by atoms with van der Waals surface area (Å²) in [5.41, 5.74) is 0. The molecular weight excluding hydrogens is 434 g/mol. The molecule has 0 aliphatic heterocycles. The lowest BCUT2D eigenvalue weighted by Gasteiger charge is -2.04. The van der Waals surface area contributed by atoms with Gasteiger partial charge in [-0.2, -0.15) is 0 Å². The molecule has 29 heavy (non-hydrogen) atoms. The number of rotatable bonds is 9. The van der Waals surface area contributed by atoms with Crippen LogP contribution < -0.4 is 5.32 Å². The molecule has 0 aliphatic carbocycles. The summed E-state index contributed by atoms with van der Waals surface area (Å²) < 4.78 is 29.9. The minimum Gasteiger partial charge on any atom is -0.407 e. The lowest BCUT2D eigenvalue weighted by Crippen LogP contribution is -2.14. The summed E-state index contributed by atoms with van der Waals surface area (Å²) >= 11 is 7.31. The van der Waals surface area contributed by atoms with Gasteiger partial charge in [0.15, 0.2) is 9.84 Å². The van der Waals surface area contributed by atoms with Gasteiger partial charge in [-0.1, -0.05) is 34.9 Å². The fourth-order valence-electron chi connectivity index (χ4n) is 2.39. The van der Waals surface area contributed by atoms with Crippen LogP contribution >= 0.6 is 23.4 Å². The first-order valence-electron chi connectivity index (χ1n) is 8.71. The average molecular weight is 452 g/mol. The van der Waals surface area contributed by atoms with Gasteiger partial charge in [0.2, 0.25) is 11.8 Å². The highest BCUT2D eigenvalue weighted by Crippen LogP contribution is 2.22. The third kappa shape index (κ3) is 6.59. The van der Waals surface area contributed by atoms with Gasteiger partial charge in [-0.15, -0.1) is 16.9 Å². The number of amides is 1. The SMILES string of the molecule is O=C(CCCS(=O)(=O)c1ccc(Cl)cc1)Nc1nnc(CSc2ccccc2)o1. The Labute approximate surface area is 177 Å². The molecule has 1 amide bonds. The lowest BCUT2D eigenvalue weighted by atomic mass is 10.3. The van der Waals surface area contributed by atoms with Crippen molar-refractivity contribution in [1.82, 2.24) is 10.2 Å². The molecule has 3 rings (SSSR count). The molecule has 0 bridgehead atoms. The largest absolute Gasteiger partial charge is 0.407 e. The lowest BCUT2D eigenvalue weighted by molar-refractivity contribution is -0.116. The summed E-state index contributed by atoms with van der Waals surface area (Å²) in [4.78, 5) is 13.3. The van der Waals surface area contributed by atoms with Crippen LogP contribution in [0.15, 0.2) is 68.8 Å². The number of anilines is 1. The maximum atomic E-state index is 12.3. The van der Waals surface area contributed by atoms with E-state index in [1.54, 1.807) is 0 Å². The van der Waals surface area contributed by atoms with Gasteiger partial charge in [0.25, 0.3) is 0 Å². The molecular formula is C19H18ClN3O4S2. The molecule has 0 aliphatic rings. The fourth-order valence-corrected chi connectivity index (χ4v) is 4.58. The summed E-state index contributed by atoms with van der Waals surface area (Å²) in [5, 5.41) is 10.6. The van der Waals surface area contributed by atoms with Gasteiger partial charge in [0.05, 0.1) is 16.4 Å². The number of sulfone groups is 1. The molecule has 0 unspecified atom stereocenters. The monoisotopic (exact) mass is 451 g/mol. The van der Waals surface area contributed by atoms with Crippen molar-refractivity contribution in [1.29, 1.82) is 0 Å². The summed E-state index contributed by atoms with van der Waals surface area (Å²) in [7, 11) is -3.47. The molecule has 10 heteroatoms. The van der Waals surface area contributed by atoms with Gasteiger partial charge in [0, 0.05) is 16.3 Å². The van der Waals surface area contributed by atoms with Crippen molar-refractivity contribution in [3.63, 3.8) is 0 Å². The minimum absolute atomic E-state index is 0.000722. The molecule has 0 fully saturated rings. The normalized spacial score (nSPS) is 11.3. The van der Waals surface area contributed by atoms with E-state index in [1.165, 1.54) is 36.0 Å². The number of nitrogens with zero attached hydrogens (tertiary/aromatic N) is 2. The van der Waals surface area contributed by atoms with Crippen LogP contribution in [0.1, 0.15) is 18.7 Å². The first-order valence-corrected chi connectivity index (χ1v) is 11.7. The topological polar surface area (TPSA) is 102 Å². The average Bonchev–Trinajstić information content (AvgIpc) is 3.14. The number of carbonyl (C=O) groups excluding carboxylic acids is 1. The zero-order valence-electron chi connectivity index (χ0n) is 15.2. The van der Waals surface area contributed by atoms with E-state index >= 15 is 0 Å². The predicted molar refractivity (Wildman–Crippen MR) is 112 cm³/mol. The number of benzene rings is 2. The summed E-state index contributed by atoms with van der Waals surface area (Å²) in [5.74, 6) is 0.332. The Kier molecular flexibility index (Phi) is 7.29. The van der Waals surface area contributed by atoms with Gasteiger partial charge in [-0.05, 0) is 42.8 Å². The van der Waals surface area contributed by atoms with Crippen molar-refractivity contribution in [2.75, 3.05) is 11.1 Å². The molecule has 1 aromatic heterocycles. The van der Waals surface area contributed by atoms with Crippen molar-refractivity contribution < 1.29 is 17.6 Å². The number of hydrogen-bond donors (Lipinski definition) is 1. The van der Waals surface area contributed by atoms with Crippen LogP contribution in [0.5, 0.6) is 0 Å². The molecule has 0 saturated carbocycles. The zero-order chi connectivity index (χ0) is 20.7. The number of carbonyl (C=O) groups is 1. The molecule has 0 saturated heterocycles. The smallest absolute Gasteiger partial charge is 0.322 e. The molecule has 1 N–H and O–H groups in total. The maximum Gasteiger partial charge on any atom is 0.322 e. The van der Waals surface area contributed by atoms with Crippen molar-refractivity contribution in [2.45, 2.75) is 28.4 Å². The van der Waals surface area contributed by atoms with E-state index in [1.807, 2.05) is 30.3 Å². The Bertz CT molecular complexity index is 1050. The number of thioether (sulfide) groups is 1. The van der Waals surface area contributed by atoms with Gasteiger partial charge in [-0.3, -0.25) is 10.1 Å². The van der Waals surface area contributed by atoms with Crippen molar-refractivity contribution in [3.05, 3.63) is 65.5 Å². The van der Waals surface area contributed by atoms with Gasteiger partial charge >= 0.3 is 6.01 Å². The predicted octanol–water partition coefficient (Wildman–Crippen LogP) is 4.21. The van der Waals surface area contributed by atoms with E-state index in [-0.39, 0.29) is 35.4 Å². The molecule has 0 radical (unpaired) electrons. The van der Waals surface area contributed by atoms with Gasteiger partial charge in [0.1, 0.15) is 0 Å². The number of aromatic nitrogens is 2. The second kappa shape index (κ2) is 9.91. The molecule has 152 valence electrons. The van der Waals surface area contributed by atoms with Crippen LogP contribution in [0.2, 0.25) is 5.02 Å². The first kappa shape index (κ1) is 21.4. The van der Waals surface area contributed by atoms with E-state index in [4.69, 9.17) is 16.0 Å². The van der Waals surface area contributed by atoms with Crippen LogP contribution in [-0.2, 0) is 20.4 Å². The van der Waals surface area contributed by atoms with Gasteiger partial charge < -0.3 is 4.42 Å². The van der Waals surface area contributed by atoms with E-state index < -0.39 is 9.84 Å². The van der Waals surface area contributed by atoms with E-state index in [2.05, 4.69) is 15.5 Å². The Morgan fingerprint density at radius 2 is 1.79 bits per heavy atom. The Balaban J connectivity index is 1.44. The Hall–Kier alpha value is -2.36. The number of nitrogens with one attached hydrogen (secondary N) is 1. The maximum absolute atomic E-state index is 12.3. The highest BCUT2D eigenvalue weighted by atomic mass is 35.5. The molecule has 3 aromatic rings. The van der Waals surface area contributed by atoms with E-state index in [9.17, 15) is 13.2 Å². The zero-order valence-corrected chi connectivity index (χ0v) is 17.6. The van der Waals surface area contributed by atoms with E-state index in [0.29, 0.717) is 16.7 Å². The molecule has 2 aromatic carbocycles. The quantitative estimate of drug-likeness (QED) is 0.486. The molecule has 0 spiro atoms. The third-order valence-electron chi connectivity index (χ3n) is 3.81. The second-order valence-corrected chi connectivity index (χ2v) is 9.62. The van der Waals surface area contributed by atoms with Crippen LogP contribution in [0.3, 0.4) is 0 Å². The highest BCUT2D eigenvalue weighted by molar-refractivity contribution is 7.98. The summed E-state index contributed by atoms with van der Waals surface area (Å²) in [6, 6.07) is 15.7. The third-order valence-corrected chi connectivity index (χ3v) is 6.87. The van der Waals surface area contributed by atoms with Gasteiger partial charge in [-0.25, -0.2) is 8.42 Å². The summed E-state index contributed by atoms with van der Waals surface area (Å²) in [6.45, 7) is 0. The number of halogens is 1. The van der Waals surface area contributed by atoms with Crippen LogP contribution in [-0.4, -0.2) is 30.3 Å². The summed E-state index contributed by atoms with van der Waals surface area (Å²) in [6.07, 6.45) is 0.185.